The van der Waals surface area contributed by atoms with Crippen LogP contribution in [0.25, 0.3) is 93.6 Å². The molecule has 0 atom stereocenters. The fourth-order valence-electron chi connectivity index (χ4n) is 8.18. The molecule has 4 nitrogen and oxygen atoms in total. The second kappa shape index (κ2) is 14.6. The number of para-hydroxylation sites is 3. The molecular weight excluding hydrogens is 875 g/mol. The van der Waals surface area contributed by atoms with Crippen molar-refractivity contribution >= 4 is 65.3 Å². The molecule has 3 aromatic heterocycles. The van der Waals surface area contributed by atoms with E-state index in [1.165, 1.54) is 67.8 Å². The minimum atomic E-state index is -2.18. The summed E-state index contributed by atoms with van der Waals surface area (Å²) in [4.78, 5) is 9.30. The molecule has 57 heavy (non-hydrogen) atoms. The van der Waals surface area contributed by atoms with Gasteiger partial charge in [0.2, 0.25) is 0 Å². The normalized spacial score (nSPS) is 13.4. The van der Waals surface area contributed by atoms with Crippen molar-refractivity contribution in [2.24, 2.45) is 0 Å². The predicted molar refractivity (Wildman–Crippen MR) is 233 cm³/mol. The van der Waals surface area contributed by atoms with Gasteiger partial charge in [0, 0.05) is 45.6 Å². The van der Waals surface area contributed by atoms with Crippen LogP contribution >= 0.6 is 0 Å². The van der Waals surface area contributed by atoms with Gasteiger partial charge in [0.15, 0.2) is 0 Å². The Balaban J connectivity index is 0.000000204. The summed E-state index contributed by atoms with van der Waals surface area (Å²) in [5.74, 6) is 0.830. The number of aromatic nitrogens is 3. The SMILES string of the molecule is Cc1cc2c3ccccc3c3ccccc3c2c(C)c1-n1c(-c2[c-]ccc3c2oc2ccccc23)nc2ccccc21.[2H]C([2H])([2H])c1c[c-]c(-c2ccc(C([2H])([2H])[2H])cn2)cc1.[Ir]. The van der Waals surface area contributed by atoms with Crippen molar-refractivity contribution < 1.29 is 32.7 Å². The van der Waals surface area contributed by atoms with Gasteiger partial charge in [-0.25, -0.2) is 0 Å². The maximum atomic E-state index is 7.28. The van der Waals surface area contributed by atoms with E-state index in [-0.39, 0.29) is 31.2 Å². The Morgan fingerprint density at radius 3 is 2.07 bits per heavy atom. The van der Waals surface area contributed by atoms with Crippen LogP contribution in [-0.2, 0) is 20.1 Å². The molecule has 0 aliphatic carbocycles. The molecule has 0 unspecified atom stereocenters. The Bertz CT molecular complexity index is 3460. The zero-order chi connectivity index (χ0) is 42.9. The van der Waals surface area contributed by atoms with Gasteiger partial charge < -0.3 is 14.0 Å². The van der Waals surface area contributed by atoms with E-state index in [0.29, 0.717) is 11.3 Å². The van der Waals surface area contributed by atoms with Gasteiger partial charge in [-0.2, -0.15) is 0 Å². The first-order valence-corrected chi connectivity index (χ1v) is 18.5. The zero-order valence-corrected chi connectivity index (χ0v) is 33.4. The van der Waals surface area contributed by atoms with Gasteiger partial charge >= 0.3 is 0 Å². The molecule has 3 heterocycles. The second-order valence-electron chi connectivity index (χ2n) is 14.1. The summed E-state index contributed by atoms with van der Waals surface area (Å²) in [6.07, 6.45) is 1.30. The third-order valence-corrected chi connectivity index (χ3v) is 10.6. The van der Waals surface area contributed by atoms with Crippen LogP contribution in [-0.4, -0.2) is 14.5 Å². The smallest absolute Gasteiger partial charge is 0.120 e. The van der Waals surface area contributed by atoms with Crippen LogP contribution < -0.4 is 0 Å². The van der Waals surface area contributed by atoms with Crippen LogP contribution in [0.15, 0.2) is 156 Å². The Morgan fingerprint density at radius 2 is 1.33 bits per heavy atom. The molecule has 0 amide bonds. The Labute approximate surface area is 353 Å². The first-order valence-electron chi connectivity index (χ1n) is 21.5. The van der Waals surface area contributed by atoms with Gasteiger partial charge in [0.05, 0.1) is 22.4 Å². The molecule has 0 aliphatic rings. The zero-order valence-electron chi connectivity index (χ0n) is 37.0. The Morgan fingerprint density at radius 1 is 0.649 bits per heavy atom. The monoisotopic (exact) mass is 918 g/mol. The van der Waals surface area contributed by atoms with E-state index < -0.39 is 13.7 Å². The minimum Gasteiger partial charge on any atom is -0.501 e. The molecule has 0 saturated heterocycles. The quantitative estimate of drug-likeness (QED) is 0.131. The predicted octanol–water partition coefficient (Wildman–Crippen LogP) is 13.6. The molecule has 0 spiro atoms. The van der Waals surface area contributed by atoms with E-state index >= 15 is 0 Å². The number of fused-ring (bicyclic) bond motifs is 10. The Hall–Kier alpha value is -6.39. The number of hydrogen-bond donors (Lipinski definition) is 0. The van der Waals surface area contributed by atoms with Crippen molar-refractivity contribution in [1.82, 2.24) is 14.5 Å². The fraction of sp³-hybridized carbons (Fsp3) is 0.0769. The molecule has 0 saturated carbocycles. The van der Waals surface area contributed by atoms with Crippen molar-refractivity contribution in [3.8, 4) is 28.3 Å². The van der Waals surface area contributed by atoms with Crippen molar-refractivity contribution in [3.63, 3.8) is 0 Å². The molecular formula is C52H37IrN3O-2. The summed E-state index contributed by atoms with van der Waals surface area (Å²) < 4.78 is 52.4. The van der Waals surface area contributed by atoms with Crippen molar-refractivity contribution in [3.05, 3.63) is 186 Å². The average Bonchev–Trinajstić information content (AvgIpc) is 3.85. The van der Waals surface area contributed by atoms with Crippen LogP contribution in [0.2, 0.25) is 0 Å². The summed E-state index contributed by atoms with van der Waals surface area (Å²) in [7, 11) is 0. The van der Waals surface area contributed by atoms with Gasteiger partial charge in [-0.3, -0.25) is 4.98 Å². The topological polar surface area (TPSA) is 43.9 Å². The standard InChI is InChI=1S/C39H25N2O.C13H12N.Ir/c1-23-22-32-27-14-4-3-12-25(27)26-13-5-6-16-29(26)36(32)24(2)37(23)41-34-20-9-8-19-33(34)40-39(41)31-18-11-17-30-28-15-7-10-21-35(28)42-38(30)31;1-10-3-6-12(7-4-10)13-8-5-11(2)9-14-13;/h3-17,19-22H,1-2H3;3-6,8-9H,1-2H3;/q2*-1;/i;1D3,2D3;. The summed E-state index contributed by atoms with van der Waals surface area (Å²) >= 11 is 0. The summed E-state index contributed by atoms with van der Waals surface area (Å²) in [6, 6.07) is 54.5. The summed E-state index contributed by atoms with van der Waals surface area (Å²) in [6.45, 7) is 0.139. The second-order valence-corrected chi connectivity index (χ2v) is 14.1. The summed E-state index contributed by atoms with van der Waals surface area (Å²) in [5.41, 5.74) is 9.66. The molecule has 0 bridgehead atoms. The number of hydrogen-bond acceptors (Lipinski definition) is 3. The van der Waals surface area contributed by atoms with Gasteiger partial charge in [-0.1, -0.05) is 109 Å². The maximum absolute atomic E-state index is 7.28. The van der Waals surface area contributed by atoms with Crippen LogP contribution in [0.3, 0.4) is 0 Å². The fourth-order valence-corrected chi connectivity index (χ4v) is 8.18. The van der Waals surface area contributed by atoms with Crippen molar-refractivity contribution in [2.45, 2.75) is 27.6 Å². The largest absolute Gasteiger partial charge is 0.501 e. The number of furan rings is 1. The van der Waals surface area contributed by atoms with E-state index in [4.69, 9.17) is 17.6 Å². The molecule has 1 radical (unpaired) electrons. The van der Waals surface area contributed by atoms with Crippen molar-refractivity contribution in [2.75, 3.05) is 0 Å². The first-order chi connectivity index (χ1) is 29.9. The number of rotatable bonds is 3. The van der Waals surface area contributed by atoms with Gasteiger partial charge in [0.25, 0.3) is 0 Å². The van der Waals surface area contributed by atoms with E-state index in [1.807, 2.05) is 18.2 Å². The third-order valence-electron chi connectivity index (χ3n) is 10.6. The molecule has 277 valence electrons. The van der Waals surface area contributed by atoms with Crippen LogP contribution in [0, 0.1) is 39.7 Å². The molecule has 0 aliphatic heterocycles. The van der Waals surface area contributed by atoms with Crippen molar-refractivity contribution in [1.29, 1.82) is 0 Å². The average molecular weight is 918 g/mol. The molecule has 8 aromatic carbocycles. The minimum absolute atomic E-state index is 0. The van der Waals surface area contributed by atoms with Gasteiger partial charge in [0.1, 0.15) is 5.58 Å². The van der Waals surface area contributed by atoms with E-state index in [0.717, 1.165) is 50.0 Å². The van der Waals surface area contributed by atoms with E-state index in [1.54, 1.807) is 12.1 Å². The Kier molecular flexibility index (Phi) is 7.64. The third kappa shape index (κ3) is 6.11. The van der Waals surface area contributed by atoms with E-state index in [2.05, 4.69) is 133 Å². The van der Waals surface area contributed by atoms with E-state index in [9.17, 15) is 0 Å². The molecule has 5 heteroatoms. The number of imidazole rings is 1. The number of benzene rings is 8. The van der Waals surface area contributed by atoms with Crippen LogP contribution in [0.5, 0.6) is 0 Å². The maximum Gasteiger partial charge on any atom is 0.120 e. The van der Waals surface area contributed by atoms with Gasteiger partial charge in [-0.15, -0.1) is 53.6 Å². The number of aryl methyl sites for hydroxylation is 4. The first kappa shape index (κ1) is 29.8. The molecule has 0 N–H and O–H groups in total. The summed E-state index contributed by atoms with van der Waals surface area (Å²) in [5, 5.41) is 9.83. The van der Waals surface area contributed by atoms with Gasteiger partial charge in [-0.05, 0) is 99.7 Å². The molecule has 11 rings (SSSR count). The number of nitrogens with zero attached hydrogens (tertiary/aromatic N) is 3. The van der Waals surface area contributed by atoms with Crippen LogP contribution in [0.4, 0.5) is 0 Å². The van der Waals surface area contributed by atoms with Crippen LogP contribution in [0.1, 0.15) is 30.5 Å². The molecule has 11 aromatic rings. The molecule has 0 fully saturated rings. The number of pyridine rings is 1.